The minimum atomic E-state index is -0.812. The molecule has 0 aromatic carbocycles. The van der Waals surface area contributed by atoms with E-state index in [4.69, 9.17) is 5.73 Å². The summed E-state index contributed by atoms with van der Waals surface area (Å²) in [6, 6.07) is -1.12. The topological polar surface area (TPSA) is 124 Å². The number of likely N-dealkylation sites (tertiary alicyclic amines) is 2. The Balaban J connectivity index is 1.43. The highest BCUT2D eigenvalue weighted by Gasteiger charge is 2.32. The average molecular weight is 376 g/mol. The Labute approximate surface area is 158 Å². The van der Waals surface area contributed by atoms with Gasteiger partial charge in [0.1, 0.15) is 0 Å². The zero-order valence-electron chi connectivity index (χ0n) is 15.5. The smallest absolute Gasteiger partial charge is 0.243 e. The molecule has 0 aliphatic carbocycles. The molecule has 27 heavy (non-hydrogen) atoms. The van der Waals surface area contributed by atoms with Crippen LogP contribution < -0.4 is 11.1 Å². The standard InChI is InChI=1S/C18H28N6O3/c19-14(10-13-11-20-12-21-13)17(26)22-18(27)15-4-1-6-23(15)8-3-9-24-7-2-5-16(24)25/h11-12,14-15H,1-10,19H2,(H,20,21)(H,22,26,27)/t14-,15-/m0/s1. The second kappa shape index (κ2) is 9.09. The van der Waals surface area contributed by atoms with Crippen LogP contribution in [0.2, 0.25) is 0 Å². The molecule has 1 aromatic heterocycles. The third kappa shape index (κ3) is 5.14. The number of aromatic amines is 1. The third-order valence-corrected chi connectivity index (χ3v) is 5.28. The van der Waals surface area contributed by atoms with E-state index in [2.05, 4.69) is 20.2 Å². The summed E-state index contributed by atoms with van der Waals surface area (Å²) in [5, 5.41) is 2.46. The van der Waals surface area contributed by atoms with Crippen molar-refractivity contribution in [3.8, 4) is 0 Å². The van der Waals surface area contributed by atoms with E-state index in [9.17, 15) is 14.4 Å². The number of nitrogens with zero attached hydrogens (tertiary/aromatic N) is 3. The zero-order chi connectivity index (χ0) is 19.2. The lowest BCUT2D eigenvalue weighted by molar-refractivity contribution is -0.134. The minimum Gasteiger partial charge on any atom is -0.351 e. The number of nitrogens with one attached hydrogen (secondary N) is 2. The van der Waals surface area contributed by atoms with Gasteiger partial charge in [-0.2, -0.15) is 0 Å². The number of imide groups is 1. The quantitative estimate of drug-likeness (QED) is 0.556. The summed E-state index contributed by atoms with van der Waals surface area (Å²) in [5.41, 5.74) is 6.57. The fraction of sp³-hybridized carbons (Fsp3) is 0.667. The predicted octanol–water partition coefficient (Wildman–Crippen LogP) is -0.601. The highest BCUT2D eigenvalue weighted by atomic mass is 16.2. The van der Waals surface area contributed by atoms with Gasteiger partial charge < -0.3 is 15.6 Å². The average Bonchev–Trinajstić information content (AvgIpc) is 3.38. The molecule has 1 aromatic rings. The van der Waals surface area contributed by atoms with Crippen molar-refractivity contribution in [1.29, 1.82) is 0 Å². The van der Waals surface area contributed by atoms with Crippen LogP contribution in [0.25, 0.3) is 0 Å². The maximum atomic E-state index is 12.5. The van der Waals surface area contributed by atoms with Crippen LogP contribution >= 0.6 is 0 Å². The number of carbonyl (C=O) groups excluding carboxylic acids is 3. The van der Waals surface area contributed by atoms with Gasteiger partial charge in [0.15, 0.2) is 0 Å². The first-order valence-electron chi connectivity index (χ1n) is 9.64. The van der Waals surface area contributed by atoms with E-state index in [0.717, 1.165) is 51.9 Å². The van der Waals surface area contributed by atoms with Gasteiger partial charge in [-0.3, -0.25) is 24.6 Å². The number of imidazole rings is 1. The maximum absolute atomic E-state index is 12.5. The molecule has 0 bridgehead atoms. The zero-order valence-corrected chi connectivity index (χ0v) is 15.5. The molecule has 2 atom stereocenters. The Morgan fingerprint density at radius 2 is 2.19 bits per heavy atom. The van der Waals surface area contributed by atoms with Crippen molar-refractivity contribution < 1.29 is 14.4 Å². The Morgan fingerprint density at radius 3 is 2.89 bits per heavy atom. The van der Waals surface area contributed by atoms with Crippen molar-refractivity contribution in [2.24, 2.45) is 5.73 Å². The highest BCUT2D eigenvalue weighted by molar-refractivity contribution is 6.00. The van der Waals surface area contributed by atoms with Gasteiger partial charge in [-0.25, -0.2) is 4.98 Å². The molecular formula is C18H28N6O3. The maximum Gasteiger partial charge on any atom is 0.243 e. The van der Waals surface area contributed by atoms with Crippen LogP contribution in [0, 0.1) is 0 Å². The first-order valence-corrected chi connectivity index (χ1v) is 9.64. The fourth-order valence-corrected chi connectivity index (χ4v) is 3.81. The highest BCUT2D eigenvalue weighted by Crippen LogP contribution is 2.18. The van der Waals surface area contributed by atoms with Crippen LogP contribution in [0.15, 0.2) is 12.5 Å². The molecular weight excluding hydrogens is 348 g/mol. The number of H-pyrrole nitrogens is 1. The second-order valence-corrected chi connectivity index (χ2v) is 7.26. The van der Waals surface area contributed by atoms with Crippen LogP contribution in [-0.4, -0.2) is 75.8 Å². The molecule has 3 amide bonds. The van der Waals surface area contributed by atoms with Crippen LogP contribution in [-0.2, 0) is 20.8 Å². The molecule has 2 aliphatic heterocycles. The van der Waals surface area contributed by atoms with Gasteiger partial charge in [-0.15, -0.1) is 0 Å². The third-order valence-electron chi connectivity index (χ3n) is 5.28. The molecule has 2 fully saturated rings. The molecule has 0 unspecified atom stereocenters. The molecule has 148 valence electrons. The van der Waals surface area contributed by atoms with Crippen molar-refractivity contribution in [1.82, 2.24) is 25.1 Å². The number of hydrogen-bond acceptors (Lipinski definition) is 6. The molecule has 2 saturated heterocycles. The molecule has 3 rings (SSSR count). The monoisotopic (exact) mass is 376 g/mol. The summed E-state index contributed by atoms with van der Waals surface area (Å²) in [6.07, 6.45) is 7.56. The number of rotatable bonds is 8. The van der Waals surface area contributed by atoms with E-state index >= 15 is 0 Å². The summed E-state index contributed by atoms with van der Waals surface area (Å²) in [4.78, 5) is 47.2. The van der Waals surface area contributed by atoms with Crippen molar-refractivity contribution in [3.05, 3.63) is 18.2 Å². The number of carbonyl (C=O) groups is 3. The van der Waals surface area contributed by atoms with Gasteiger partial charge in [0.05, 0.1) is 24.1 Å². The lowest BCUT2D eigenvalue weighted by atomic mass is 10.1. The first kappa shape index (κ1) is 19.5. The molecule has 0 spiro atoms. The van der Waals surface area contributed by atoms with E-state index in [1.54, 1.807) is 6.20 Å². The molecule has 0 saturated carbocycles. The minimum absolute atomic E-state index is 0.224. The van der Waals surface area contributed by atoms with Crippen LogP contribution in [0.5, 0.6) is 0 Å². The summed E-state index contributed by atoms with van der Waals surface area (Å²) < 4.78 is 0. The molecule has 2 aliphatic rings. The molecule has 3 heterocycles. The van der Waals surface area contributed by atoms with Crippen molar-refractivity contribution in [2.75, 3.05) is 26.2 Å². The fourth-order valence-electron chi connectivity index (χ4n) is 3.81. The normalized spacial score (nSPS) is 21.6. The summed E-state index contributed by atoms with van der Waals surface area (Å²) in [6.45, 7) is 3.15. The number of nitrogens with two attached hydrogens (primary N) is 1. The SMILES string of the molecule is N[C@@H](Cc1c[nH]cn1)C(=O)NC(=O)[C@@H]1CCCN1CCCN1CCCC1=O. The van der Waals surface area contributed by atoms with Crippen molar-refractivity contribution >= 4 is 17.7 Å². The van der Waals surface area contributed by atoms with E-state index in [1.165, 1.54) is 6.33 Å². The Bertz CT molecular complexity index is 662. The summed E-state index contributed by atoms with van der Waals surface area (Å²) >= 11 is 0. The van der Waals surface area contributed by atoms with Gasteiger partial charge in [0.25, 0.3) is 0 Å². The van der Waals surface area contributed by atoms with Gasteiger partial charge in [0.2, 0.25) is 17.7 Å². The van der Waals surface area contributed by atoms with Gasteiger partial charge in [0, 0.05) is 38.7 Å². The van der Waals surface area contributed by atoms with E-state index in [-0.39, 0.29) is 24.3 Å². The summed E-state index contributed by atoms with van der Waals surface area (Å²) in [5.74, 6) is -0.535. The molecule has 0 radical (unpaired) electrons. The van der Waals surface area contributed by atoms with Crippen LogP contribution in [0.3, 0.4) is 0 Å². The number of hydrogen-bond donors (Lipinski definition) is 3. The van der Waals surface area contributed by atoms with Gasteiger partial charge in [-0.1, -0.05) is 0 Å². The molecule has 4 N–H and O–H groups in total. The van der Waals surface area contributed by atoms with E-state index < -0.39 is 11.9 Å². The Kier molecular flexibility index (Phi) is 6.57. The van der Waals surface area contributed by atoms with Gasteiger partial charge in [-0.05, 0) is 32.2 Å². The predicted molar refractivity (Wildman–Crippen MR) is 98.4 cm³/mol. The molecule has 9 nitrogen and oxygen atoms in total. The Morgan fingerprint density at radius 1 is 1.33 bits per heavy atom. The first-order chi connectivity index (χ1) is 13.0. The van der Waals surface area contributed by atoms with Crippen LogP contribution in [0.4, 0.5) is 0 Å². The van der Waals surface area contributed by atoms with Gasteiger partial charge >= 0.3 is 0 Å². The largest absolute Gasteiger partial charge is 0.351 e. The summed E-state index contributed by atoms with van der Waals surface area (Å²) in [7, 11) is 0. The lowest BCUT2D eigenvalue weighted by Gasteiger charge is -2.25. The van der Waals surface area contributed by atoms with Crippen LogP contribution in [0.1, 0.15) is 37.8 Å². The van der Waals surface area contributed by atoms with Crippen molar-refractivity contribution in [3.63, 3.8) is 0 Å². The second-order valence-electron chi connectivity index (χ2n) is 7.26. The van der Waals surface area contributed by atoms with E-state index in [0.29, 0.717) is 12.1 Å². The lowest BCUT2D eigenvalue weighted by Crippen LogP contribution is -2.51. The number of aromatic nitrogens is 2. The molecule has 9 heteroatoms. The number of amides is 3. The Hall–Kier alpha value is -2.26. The van der Waals surface area contributed by atoms with E-state index in [1.807, 2.05) is 4.90 Å². The van der Waals surface area contributed by atoms with Crippen molar-refractivity contribution in [2.45, 2.75) is 50.6 Å².